The van der Waals surface area contributed by atoms with Crippen molar-refractivity contribution in [1.82, 2.24) is 56.7 Å². The average molecular weight is 1020 g/mol. The van der Waals surface area contributed by atoms with E-state index in [-0.39, 0.29) is 79.6 Å². The van der Waals surface area contributed by atoms with E-state index >= 15 is 0 Å². The van der Waals surface area contributed by atoms with Crippen molar-refractivity contribution >= 4 is 47.3 Å². The fraction of sp³-hybridized carbons (Fsp3) is 0.611. The highest BCUT2D eigenvalue weighted by atomic mass is 16.5. The van der Waals surface area contributed by atoms with Crippen LogP contribution in [0.4, 0.5) is 11.9 Å². The van der Waals surface area contributed by atoms with Crippen molar-refractivity contribution in [3.8, 4) is 6.01 Å². The maximum absolute atomic E-state index is 14.8. The van der Waals surface area contributed by atoms with Gasteiger partial charge in [-0.1, -0.05) is 90.1 Å². The van der Waals surface area contributed by atoms with Gasteiger partial charge in [0.25, 0.3) is 0 Å². The van der Waals surface area contributed by atoms with Crippen LogP contribution in [0.3, 0.4) is 0 Å². The minimum Gasteiger partial charge on any atom is -0.467 e. The van der Waals surface area contributed by atoms with Gasteiger partial charge >= 0.3 is 6.01 Å². The van der Waals surface area contributed by atoms with E-state index in [9.17, 15) is 28.8 Å². The monoisotopic (exact) mass is 1020 g/mol. The lowest BCUT2D eigenvalue weighted by molar-refractivity contribution is -0.144. The number of carbonyl (C=O) groups excluding carboxylic acids is 6. The zero-order valence-corrected chi connectivity index (χ0v) is 45.1. The van der Waals surface area contributed by atoms with Gasteiger partial charge in [0.2, 0.25) is 47.3 Å². The molecular formula is C54H79N13O7. The number of aromatic nitrogens is 3. The van der Waals surface area contributed by atoms with Gasteiger partial charge in [-0.2, -0.15) is 15.0 Å². The summed E-state index contributed by atoms with van der Waals surface area (Å²) in [6.45, 7) is 14.9. The summed E-state index contributed by atoms with van der Waals surface area (Å²) in [5, 5.41) is 25.1. The van der Waals surface area contributed by atoms with Gasteiger partial charge < -0.3 is 57.1 Å². The predicted octanol–water partition coefficient (Wildman–Crippen LogP) is 3.31. The lowest BCUT2D eigenvalue weighted by Gasteiger charge is -2.36. The van der Waals surface area contributed by atoms with E-state index < -0.39 is 71.0 Å². The Morgan fingerprint density at radius 2 is 1.00 bits per heavy atom. The van der Waals surface area contributed by atoms with Gasteiger partial charge in [0.15, 0.2) is 0 Å². The number of likely N-dealkylation sites (N-methyl/N-ethyl adjacent to an activating group) is 2. The molecule has 402 valence electrons. The van der Waals surface area contributed by atoms with Gasteiger partial charge in [-0.25, -0.2) is 0 Å². The molecule has 7 rings (SSSR count). The third-order valence-electron chi connectivity index (χ3n) is 15.1. The molecule has 2 aliphatic carbocycles. The molecule has 2 aromatic carbocycles. The van der Waals surface area contributed by atoms with Crippen LogP contribution in [0.25, 0.3) is 0 Å². The molecule has 10 atom stereocenters. The minimum atomic E-state index is -0.961. The van der Waals surface area contributed by atoms with Gasteiger partial charge in [-0.3, -0.25) is 28.8 Å². The van der Waals surface area contributed by atoms with Crippen LogP contribution in [-0.2, 0) is 41.6 Å². The number of methoxy groups -OCH3 is 1. The maximum Gasteiger partial charge on any atom is 0.322 e. The number of aryl methyl sites for hydroxylation is 2. The Hall–Kier alpha value is -6.41. The van der Waals surface area contributed by atoms with Crippen LogP contribution in [-0.4, -0.2) is 143 Å². The fourth-order valence-electron chi connectivity index (χ4n) is 10.6. The standard InChI is InChI=1S/C54H79N13O7/c1-30(55-9)44(68)61-42(53(3,4)5)48(72)66-28-34(26-40(66)46(70)59-38-24-16-20-32-18-12-14-22-36(32)38)57-50-63-51(65-52(64-50)74-11)58-35-27-41(47(71)60-39-25-17-21-33-19-13-15-23-37(33)39)67(29-35)49(73)43(54(6,7)8)62-45(69)31(2)56-10/h12-15,18-19,22-23,30-31,34-35,38-43,55-56H,16-17,20-21,24-29H2,1-11H3,(H,59,70)(H,60,71)(H,61,68)(H,62,69)(H2,57,58,63,64,65)/t30-,31-,34-,35-,38+,39+,40-,41-,42+,43+/m0/s1. The number of hydrogen-bond acceptors (Lipinski definition) is 14. The van der Waals surface area contributed by atoms with E-state index in [2.05, 4.69) is 64.6 Å². The number of fused-ring (bicyclic) bond motifs is 2. The predicted molar refractivity (Wildman–Crippen MR) is 282 cm³/mol. The summed E-state index contributed by atoms with van der Waals surface area (Å²) in [6.07, 6.45) is 5.55. The Bertz CT molecular complexity index is 2360. The van der Waals surface area contributed by atoms with E-state index in [1.54, 1.807) is 37.7 Å². The summed E-state index contributed by atoms with van der Waals surface area (Å²) in [5.41, 5.74) is 3.06. The van der Waals surface area contributed by atoms with Crippen molar-refractivity contribution in [2.45, 2.75) is 167 Å². The number of carbonyl (C=O) groups is 6. The summed E-state index contributed by atoms with van der Waals surface area (Å²) in [6, 6.07) is 9.75. The van der Waals surface area contributed by atoms with Crippen LogP contribution < -0.4 is 47.3 Å². The van der Waals surface area contributed by atoms with Crippen molar-refractivity contribution in [3.63, 3.8) is 0 Å². The summed E-state index contributed by atoms with van der Waals surface area (Å²) >= 11 is 0. The first-order valence-electron chi connectivity index (χ1n) is 26.3. The van der Waals surface area contributed by atoms with Crippen molar-refractivity contribution in [1.29, 1.82) is 0 Å². The van der Waals surface area contributed by atoms with Crippen LogP contribution in [0, 0.1) is 10.8 Å². The van der Waals surface area contributed by atoms with Gasteiger partial charge in [0.1, 0.15) is 24.2 Å². The molecule has 20 heteroatoms. The second kappa shape index (κ2) is 23.4. The highest BCUT2D eigenvalue weighted by molar-refractivity contribution is 5.95. The molecule has 6 amide bonds. The molecule has 0 radical (unpaired) electrons. The number of nitrogens with zero attached hydrogens (tertiary/aromatic N) is 5. The fourth-order valence-corrected chi connectivity index (χ4v) is 10.6. The molecule has 2 saturated heterocycles. The summed E-state index contributed by atoms with van der Waals surface area (Å²) in [5.74, 6) is -1.88. The first-order chi connectivity index (χ1) is 35.1. The Morgan fingerprint density at radius 1 is 0.608 bits per heavy atom. The molecule has 2 fully saturated rings. The number of amides is 6. The van der Waals surface area contributed by atoms with Crippen molar-refractivity contribution in [3.05, 3.63) is 70.8 Å². The second-order valence-electron chi connectivity index (χ2n) is 22.6. The lowest BCUT2D eigenvalue weighted by Crippen LogP contribution is -2.59. The molecule has 0 spiro atoms. The van der Waals surface area contributed by atoms with Gasteiger partial charge in [-0.05, 0) is 112 Å². The molecule has 2 aliphatic heterocycles. The molecule has 0 saturated carbocycles. The average Bonchev–Trinajstić information content (AvgIpc) is 4.00. The van der Waals surface area contributed by atoms with Crippen LogP contribution in [0.2, 0.25) is 0 Å². The van der Waals surface area contributed by atoms with E-state index in [1.807, 2.05) is 77.9 Å². The Balaban J connectivity index is 1.15. The second-order valence-corrected chi connectivity index (χ2v) is 22.6. The largest absolute Gasteiger partial charge is 0.467 e. The maximum atomic E-state index is 14.8. The van der Waals surface area contributed by atoms with Crippen LogP contribution in [0.5, 0.6) is 6.01 Å². The van der Waals surface area contributed by atoms with E-state index in [4.69, 9.17) is 9.72 Å². The molecule has 4 aliphatic rings. The first-order valence-corrected chi connectivity index (χ1v) is 26.3. The van der Waals surface area contributed by atoms with Gasteiger partial charge in [0.05, 0.1) is 31.3 Å². The molecule has 3 heterocycles. The van der Waals surface area contributed by atoms with E-state index in [0.29, 0.717) is 0 Å². The van der Waals surface area contributed by atoms with Gasteiger partial charge in [0, 0.05) is 25.2 Å². The zero-order chi connectivity index (χ0) is 53.6. The van der Waals surface area contributed by atoms with E-state index in [0.717, 1.165) is 49.7 Å². The summed E-state index contributed by atoms with van der Waals surface area (Å²) < 4.78 is 5.57. The van der Waals surface area contributed by atoms with Crippen LogP contribution >= 0.6 is 0 Å². The zero-order valence-electron chi connectivity index (χ0n) is 45.1. The van der Waals surface area contributed by atoms with E-state index in [1.165, 1.54) is 18.2 Å². The SMILES string of the molecule is CN[C@@H](C)C(=O)N[C@H](C(=O)N1C[C@@H](Nc2nc(N[C@H]3C[C@@H](C(=O)N[C@@H]4CCCc5ccccc54)N(C(=O)[C@@H](NC(=O)[C@H](C)NC)C(C)(C)C)C3)nc(OC)n2)C[C@H]1C(=O)N[C@@H]1CCCc2ccccc21)C(C)(C)C. The number of hydrogen-bond donors (Lipinski definition) is 8. The van der Waals surface area contributed by atoms with Crippen LogP contribution in [0.1, 0.15) is 128 Å². The first kappa shape index (κ1) is 55.3. The molecule has 20 nitrogen and oxygen atoms in total. The highest BCUT2D eigenvalue weighted by Gasteiger charge is 2.48. The number of benzene rings is 2. The molecule has 3 aromatic rings. The van der Waals surface area contributed by atoms with Crippen molar-refractivity contribution in [2.75, 3.05) is 44.9 Å². The Morgan fingerprint density at radius 3 is 1.36 bits per heavy atom. The number of anilines is 2. The number of rotatable bonds is 17. The quantitative estimate of drug-likeness (QED) is 0.0967. The Labute approximate surface area is 435 Å². The number of likely N-dealkylation sites (tertiary alicyclic amines) is 2. The van der Waals surface area contributed by atoms with Crippen molar-refractivity contribution < 1.29 is 33.5 Å². The minimum absolute atomic E-state index is 0.0271. The van der Waals surface area contributed by atoms with Crippen molar-refractivity contribution in [2.24, 2.45) is 10.8 Å². The number of nitrogens with one attached hydrogen (secondary N) is 8. The topological polar surface area (TPSA) is 253 Å². The number of ether oxygens (including phenoxy) is 1. The molecule has 74 heavy (non-hydrogen) atoms. The molecule has 0 bridgehead atoms. The Kier molecular flexibility index (Phi) is 17.5. The lowest BCUT2D eigenvalue weighted by atomic mass is 9.85. The third-order valence-corrected chi connectivity index (χ3v) is 15.1. The third kappa shape index (κ3) is 12.9. The molecule has 8 N–H and O–H groups in total. The summed E-state index contributed by atoms with van der Waals surface area (Å²) in [7, 11) is 4.77. The summed E-state index contributed by atoms with van der Waals surface area (Å²) in [4.78, 5) is 102. The molecule has 0 unspecified atom stereocenters. The highest BCUT2D eigenvalue weighted by Crippen LogP contribution is 2.34. The normalized spacial score (nSPS) is 23.2. The molecular weight excluding hydrogens is 943 g/mol. The van der Waals surface area contributed by atoms with Crippen LogP contribution in [0.15, 0.2) is 48.5 Å². The van der Waals surface area contributed by atoms with Gasteiger partial charge in [-0.15, -0.1) is 0 Å². The smallest absolute Gasteiger partial charge is 0.322 e. The molecule has 1 aromatic heterocycles.